The number of aryl methyl sites for hydroxylation is 1. The maximum atomic E-state index is 12.2. The summed E-state index contributed by atoms with van der Waals surface area (Å²) in [4.78, 5) is 12.2. The van der Waals surface area contributed by atoms with E-state index in [0.29, 0.717) is 11.1 Å². The molecule has 2 N–H and O–H groups in total. The number of anilines is 1. The number of hydrogen-bond donors (Lipinski definition) is 2. The molecule has 1 heterocycles. The zero-order valence-corrected chi connectivity index (χ0v) is 11.6. The number of halogens is 1. The van der Waals surface area contributed by atoms with Gasteiger partial charge in [0.1, 0.15) is 0 Å². The minimum atomic E-state index is 0.108. The summed E-state index contributed by atoms with van der Waals surface area (Å²) in [7, 11) is 0. The van der Waals surface area contributed by atoms with Crippen LogP contribution in [0.4, 0.5) is 5.69 Å². The van der Waals surface area contributed by atoms with E-state index in [4.69, 9.17) is 11.6 Å². The van der Waals surface area contributed by atoms with Gasteiger partial charge in [0.2, 0.25) is 5.91 Å². The van der Waals surface area contributed by atoms with Gasteiger partial charge in [-0.2, -0.15) is 0 Å². The van der Waals surface area contributed by atoms with Crippen molar-refractivity contribution in [3.05, 3.63) is 28.8 Å². The van der Waals surface area contributed by atoms with Crippen molar-refractivity contribution in [1.82, 2.24) is 5.32 Å². The molecule has 1 saturated heterocycles. The van der Waals surface area contributed by atoms with E-state index in [0.717, 1.165) is 30.6 Å². The van der Waals surface area contributed by atoms with Crippen LogP contribution in [0.25, 0.3) is 0 Å². The molecule has 98 valence electrons. The molecule has 0 aromatic heterocycles. The fraction of sp³-hybridized carbons (Fsp3) is 0.500. The second-order valence-electron chi connectivity index (χ2n) is 5.02. The second kappa shape index (κ2) is 5.72. The quantitative estimate of drug-likeness (QED) is 0.864. The van der Waals surface area contributed by atoms with E-state index in [9.17, 15) is 4.79 Å². The molecule has 0 bridgehead atoms. The second-order valence-corrected chi connectivity index (χ2v) is 5.46. The normalized spacial score (nSPS) is 23.7. The number of hydrogen-bond acceptors (Lipinski definition) is 2. The lowest BCUT2D eigenvalue weighted by molar-refractivity contribution is -0.120. The number of carbonyl (C=O) groups is 1. The average Bonchev–Trinajstić information content (AvgIpc) is 2.32. The van der Waals surface area contributed by atoms with Crippen LogP contribution in [0.5, 0.6) is 0 Å². The van der Waals surface area contributed by atoms with E-state index in [-0.39, 0.29) is 11.8 Å². The summed E-state index contributed by atoms with van der Waals surface area (Å²) in [6.45, 7) is 4.98. The predicted octanol–water partition coefficient (Wildman–Crippen LogP) is 2.98. The van der Waals surface area contributed by atoms with Gasteiger partial charge in [0.05, 0.1) is 0 Å². The Hall–Kier alpha value is -1.06. The van der Waals surface area contributed by atoms with Crippen molar-refractivity contribution in [3.63, 3.8) is 0 Å². The molecule has 0 spiro atoms. The Balaban J connectivity index is 2.02. The first-order valence-corrected chi connectivity index (χ1v) is 6.74. The molecule has 2 atom stereocenters. The summed E-state index contributed by atoms with van der Waals surface area (Å²) in [6.07, 6.45) is 1.81. The van der Waals surface area contributed by atoms with Crippen LogP contribution in [0.2, 0.25) is 5.02 Å². The topological polar surface area (TPSA) is 41.1 Å². The maximum absolute atomic E-state index is 12.2. The fourth-order valence-corrected chi connectivity index (χ4v) is 2.60. The third-order valence-corrected chi connectivity index (χ3v) is 3.68. The molecule has 1 aliphatic rings. The summed E-state index contributed by atoms with van der Waals surface area (Å²) in [5.41, 5.74) is 1.86. The number of carbonyl (C=O) groups excluding carboxylic acids is 1. The zero-order chi connectivity index (χ0) is 13.1. The van der Waals surface area contributed by atoms with Gasteiger partial charge < -0.3 is 10.6 Å². The Kier molecular flexibility index (Phi) is 4.25. The molecule has 2 unspecified atom stereocenters. The number of rotatable bonds is 2. The third kappa shape index (κ3) is 3.24. The van der Waals surface area contributed by atoms with Gasteiger partial charge in [-0.3, -0.25) is 4.79 Å². The molecule has 1 fully saturated rings. The first-order valence-electron chi connectivity index (χ1n) is 6.36. The van der Waals surface area contributed by atoms with Crippen LogP contribution in [0.3, 0.4) is 0 Å². The molecular formula is C14H19ClN2O. The van der Waals surface area contributed by atoms with Crippen molar-refractivity contribution in [2.24, 2.45) is 5.92 Å². The highest BCUT2D eigenvalue weighted by atomic mass is 35.5. The van der Waals surface area contributed by atoms with Crippen molar-refractivity contribution >= 4 is 23.2 Å². The van der Waals surface area contributed by atoms with Gasteiger partial charge in [0, 0.05) is 22.7 Å². The van der Waals surface area contributed by atoms with Crippen molar-refractivity contribution in [3.8, 4) is 0 Å². The van der Waals surface area contributed by atoms with Crippen LogP contribution in [0.15, 0.2) is 18.2 Å². The lowest BCUT2D eigenvalue weighted by atomic mass is 9.92. The summed E-state index contributed by atoms with van der Waals surface area (Å²) in [5, 5.41) is 7.05. The Bertz CT molecular complexity index is 447. The van der Waals surface area contributed by atoms with Crippen molar-refractivity contribution in [2.45, 2.75) is 32.7 Å². The largest absolute Gasteiger partial charge is 0.326 e. The van der Waals surface area contributed by atoms with E-state index < -0.39 is 0 Å². The van der Waals surface area contributed by atoms with Crippen molar-refractivity contribution in [1.29, 1.82) is 0 Å². The minimum Gasteiger partial charge on any atom is -0.326 e. The summed E-state index contributed by atoms with van der Waals surface area (Å²) in [6, 6.07) is 5.94. The number of benzene rings is 1. The molecule has 1 aliphatic heterocycles. The molecule has 1 aromatic rings. The SMILES string of the molecule is Cc1cc(Cl)ccc1NC(=O)C1CCNC(C)C1. The number of amides is 1. The maximum Gasteiger partial charge on any atom is 0.227 e. The highest BCUT2D eigenvalue weighted by Gasteiger charge is 2.24. The summed E-state index contributed by atoms with van der Waals surface area (Å²) >= 11 is 5.90. The van der Waals surface area contributed by atoms with Crippen molar-refractivity contribution in [2.75, 3.05) is 11.9 Å². The Morgan fingerprint density at radius 3 is 2.94 bits per heavy atom. The van der Waals surface area contributed by atoms with Gasteiger partial charge in [-0.1, -0.05) is 11.6 Å². The molecular weight excluding hydrogens is 248 g/mol. The van der Waals surface area contributed by atoms with Gasteiger partial charge in [-0.05, 0) is 57.0 Å². The van der Waals surface area contributed by atoms with Crippen LogP contribution in [-0.4, -0.2) is 18.5 Å². The molecule has 3 nitrogen and oxygen atoms in total. The van der Waals surface area contributed by atoms with Gasteiger partial charge in [-0.15, -0.1) is 0 Å². The smallest absolute Gasteiger partial charge is 0.227 e. The highest BCUT2D eigenvalue weighted by Crippen LogP contribution is 2.22. The van der Waals surface area contributed by atoms with Gasteiger partial charge >= 0.3 is 0 Å². The van der Waals surface area contributed by atoms with Crippen LogP contribution >= 0.6 is 11.6 Å². The van der Waals surface area contributed by atoms with E-state index in [1.54, 1.807) is 6.07 Å². The molecule has 2 rings (SSSR count). The van der Waals surface area contributed by atoms with Gasteiger partial charge in [0.15, 0.2) is 0 Å². The Labute approximate surface area is 113 Å². The Morgan fingerprint density at radius 1 is 1.50 bits per heavy atom. The zero-order valence-electron chi connectivity index (χ0n) is 10.8. The van der Waals surface area contributed by atoms with E-state index in [2.05, 4.69) is 17.6 Å². The van der Waals surface area contributed by atoms with Crippen LogP contribution in [-0.2, 0) is 4.79 Å². The monoisotopic (exact) mass is 266 g/mol. The van der Waals surface area contributed by atoms with Crippen molar-refractivity contribution < 1.29 is 4.79 Å². The highest BCUT2D eigenvalue weighted by molar-refractivity contribution is 6.30. The lowest BCUT2D eigenvalue weighted by Gasteiger charge is -2.27. The first kappa shape index (κ1) is 13.4. The van der Waals surface area contributed by atoms with Gasteiger partial charge in [0.25, 0.3) is 0 Å². The number of piperidine rings is 1. The standard InChI is InChI=1S/C14H19ClN2O/c1-9-7-12(15)3-4-13(9)17-14(18)11-5-6-16-10(2)8-11/h3-4,7,10-11,16H,5-6,8H2,1-2H3,(H,17,18). The van der Waals surface area contributed by atoms with Gasteiger partial charge in [-0.25, -0.2) is 0 Å². The van der Waals surface area contributed by atoms with E-state index in [1.165, 1.54) is 0 Å². The molecule has 0 radical (unpaired) electrons. The van der Waals surface area contributed by atoms with Crippen LogP contribution in [0.1, 0.15) is 25.3 Å². The molecule has 0 saturated carbocycles. The van der Waals surface area contributed by atoms with Crippen LogP contribution in [0, 0.1) is 12.8 Å². The first-order chi connectivity index (χ1) is 8.56. The van der Waals surface area contributed by atoms with E-state index >= 15 is 0 Å². The minimum absolute atomic E-state index is 0.108. The van der Waals surface area contributed by atoms with Crippen LogP contribution < -0.4 is 10.6 Å². The number of nitrogens with one attached hydrogen (secondary N) is 2. The summed E-state index contributed by atoms with van der Waals surface area (Å²) in [5.74, 6) is 0.227. The predicted molar refractivity (Wildman–Crippen MR) is 75.0 cm³/mol. The molecule has 1 aromatic carbocycles. The summed E-state index contributed by atoms with van der Waals surface area (Å²) < 4.78 is 0. The molecule has 1 amide bonds. The molecule has 18 heavy (non-hydrogen) atoms. The third-order valence-electron chi connectivity index (χ3n) is 3.44. The van der Waals surface area contributed by atoms with E-state index in [1.807, 2.05) is 19.1 Å². The fourth-order valence-electron chi connectivity index (χ4n) is 2.37. The molecule has 4 heteroatoms. The molecule has 0 aliphatic carbocycles. The average molecular weight is 267 g/mol. The Morgan fingerprint density at radius 2 is 2.28 bits per heavy atom. The lowest BCUT2D eigenvalue weighted by Crippen LogP contribution is -2.40.